The van der Waals surface area contributed by atoms with Gasteiger partial charge in [-0.15, -0.1) is 12.4 Å². The summed E-state index contributed by atoms with van der Waals surface area (Å²) >= 11 is 0. The van der Waals surface area contributed by atoms with Crippen LogP contribution in [0.15, 0.2) is 4.52 Å². The number of aromatic nitrogens is 2. The molecule has 5 nitrogen and oxygen atoms in total. The van der Waals surface area contributed by atoms with Crippen molar-refractivity contribution in [2.24, 2.45) is 5.73 Å². The fraction of sp³-hybridized carbons (Fsp3) is 0.818. The lowest BCUT2D eigenvalue weighted by molar-refractivity contribution is 0.192. The van der Waals surface area contributed by atoms with E-state index in [-0.39, 0.29) is 17.9 Å². The molecule has 1 aliphatic heterocycles. The van der Waals surface area contributed by atoms with Gasteiger partial charge in [-0.05, 0) is 19.3 Å². The zero-order chi connectivity index (χ0) is 11.0. The molecule has 17 heavy (non-hydrogen) atoms. The van der Waals surface area contributed by atoms with Crippen LogP contribution in [0.3, 0.4) is 0 Å². The number of hydrogen-bond donors (Lipinski definition) is 1. The zero-order valence-electron chi connectivity index (χ0n) is 9.72. The minimum Gasteiger partial charge on any atom is -0.381 e. The van der Waals surface area contributed by atoms with E-state index in [9.17, 15) is 0 Å². The van der Waals surface area contributed by atoms with E-state index in [1.807, 2.05) is 0 Å². The molecule has 2 aliphatic rings. The first-order chi connectivity index (χ1) is 7.78. The standard InChI is InChI=1S/C11H17N3O2.ClH/c12-11(4-1-2-5-11)10-13-9(14-16-10)8-3-6-15-7-8;/h8H,1-7,12H2;1H. The average molecular weight is 260 g/mol. The smallest absolute Gasteiger partial charge is 0.246 e. The Labute approximate surface area is 106 Å². The van der Waals surface area contributed by atoms with Gasteiger partial charge in [-0.25, -0.2) is 0 Å². The molecular weight excluding hydrogens is 242 g/mol. The third-order valence-corrected chi connectivity index (χ3v) is 3.66. The van der Waals surface area contributed by atoms with Crippen LogP contribution in [-0.4, -0.2) is 23.4 Å². The van der Waals surface area contributed by atoms with Gasteiger partial charge in [-0.1, -0.05) is 18.0 Å². The van der Waals surface area contributed by atoms with Crippen molar-refractivity contribution in [3.8, 4) is 0 Å². The van der Waals surface area contributed by atoms with E-state index in [0.29, 0.717) is 18.4 Å². The van der Waals surface area contributed by atoms with Gasteiger partial charge in [0.2, 0.25) is 5.89 Å². The highest BCUT2D eigenvalue weighted by Gasteiger charge is 2.37. The van der Waals surface area contributed by atoms with Crippen molar-refractivity contribution in [1.82, 2.24) is 10.1 Å². The van der Waals surface area contributed by atoms with Crippen LogP contribution in [0.1, 0.15) is 49.7 Å². The molecule has 3 rings (SSSR count). The molecule has 2 fully saturated rings. The van der Waals surface area contributed by atoms with E-state index in [1.54, 1.807) is 0 Å². The summed E-state index contributed by atoms with van der Waals surface area (Å²) in [4.78, 5) is 4.46. The Morgan fingerprint density at radius 2 is 2.06 bits per heavy atom. The zero-order valence-corrected chi connectivity index (χ0v) is 10.5. The second-order valence-electron chi connectivity index (χ2n) is 4.88. The molecule has 1 saturated heterocycles. The van der Waals surface area contributed by atoms with Crippen LogP contribution in [0.5, 0.6) is 0 Å². The van der Waals surface area contributed by atoms with Crippen molar-refractivity contribution in [2.75, 3.05) is 13.2 Å². The topological polar surface area (TPSA) is 74.2 Å². The maximum absolute atomic E-state index is 6.26. The van der Waals surface area contributed by atoms with Crippen LogP contribution in [0.2, 0.25) is 0 Å². The summed E-state index contributed by atoms with van der Waals surface area (Å²) < 4.78 is 10.6. The molecule has 96 valence electrons. The molecule has 2 heterocycles. The monoisotopic (exact) mass is 259 g/mol. The summed E-state index contributed by atoms with van der Waals surface area (Å²) in [5, 5.41) is 4.04. The molecule has 1 saturated carbocycles. The molecule has 1 atom stereocenters. The van der Waals surface area contributed by atoms with Crippen molar-refractivity contribution in [2.45, 2.75) is 43.6 Å². The van der Waals surface area contributed by atoms with Crippen LogP contribution in [0, 0.1) is 0 Å². The molecule has 0 bridgehead atoms. The van der Waals surface area contributed by atoms with Gasteiger partial charge >= 0.3 is 0 Å². The molecule has 6 heteroatoms. The molecule has 0 radical (unpaired) electrons. The Bertz CT molecular complexity index is 371. The van der Waals surface area contributed by atoms with E-state index in [1.165, 1.54) is 0 Å². The number of nitrogens with two attached hydrogens (primary N) is 1. The van der Waals surface area contributed by atoms with Gasteiger partial charge in [0.15, 0.2) is 5.82 Å². The Hall–Kier alpha value is -0.650. The van der Waals surface area contributed by atoms with Crippen molar-refractivity contribution in [3.05, 3.63) is 11.7 Å². The maximum atomic E-state index is 6.26. The largest absolute Gasteiger partial charge is 0.381 e. The molecule has 0 aromatic carbocycles. The highest BCUT2D eigenvalue weighted by molar-refractivity contribution is 5.85. The van der Waals surface area contributed by atoms with Gasteiger partial charge in [0.1, 0.15) is 0 Å². The van der Waals surface area contributed by atoms with Gasteiger partial charge < -0.3 is 15.0 Å². The van der Waals surface area contributed by atoms with Crippen LogP contribution in [0.25, 0.3) is 0 Å². The number of ether oxygens (including phenoxy) is 1. The first-order valence-electron chi connectivity index (χ1n) is 5.99. The summed E-state index contributed by atoms with van der Waals surface area (Å²) in [7, 11) is 0. The number of nitrogens with zero attached hydrogens (tertiary/aromatic N) is 2. The minimum atomic E-state index is -0.370. The van der Waals surface area contributed by atoms with Crippen LogP contribution in [0.4, 0.5) is 0 Å². The summed E-state index contributed by atoms with van der Waals surface area (Å²) in [6, 6.07) is 0. The van der Waals surface area contributed by atoms with Crippen LogP contribution < -0.4 is 5.73 Å². The third kappa shape index (κ3) is 2.32. The predicted molar refractivity (Wildman–Crippen MR) is 64.1 cm³/mol. The molecule has 0 amide bonds. The van der Waals surface area contributed by atoms with E-state index in [2.05, 4.69) is 10.1 Å². The Balaban J connectivity index is 0.00000108. The second-order valence-corrected chi connectivity index (χ2v) is 4.88. The Morgan fingerprint density at radius 1 is 1.29 bits per heavy atom. The summed E-state index contributed by atoms with van der Waals surface area (Å²) in [6.45, 7) is 1.50. The van der Waals surface area contributed by atoms with Crippen LogP contribution >= 0.6 is 12.4 Å². The van der Waals surface area contributed by atoms with Gasteiger partial charge in [0.05, 0.1) is 12.1 Å². The van der Waals surface area contributed by atoms with Gasteiger partial charge in [-0.2, -0.15) is 4.98 Å². The summed E-state index contributed by atoms with van der Waals surface area (Å²) in [6.07, 6.45) is 5.20. The summed E-state index contributed by atoms with van der Waals surface area (Å²) in [5.41, 5.74) is 5.89. The number of halogens is 1. The fourth-order valence-corrected chi connectivity index (χ4v) is 2.56. The Kier molecular flexibility index (Phi) is 3.70. The van der Waals surface area contributed by atoms with Crippen molar-refractivity contribution >= 4 is 12.4 Å². The van der Waals surface area contributed by atoms with Gasteiger partial charge in [0, 0.05) is 12.5 Å². The number of rotatable bonds is 2. The highest BCUT2D eigenvalue weighted by atomic mass is 35.5. The van der Waals surface area contributed by atoms with E-state index in [4.69, 9.17) is 15.0 Å². The lowest BCUT2D eigenvalue weighted by Crippen LogP contribution is -2.33. The van der Waals surface area contributed by atoms with Crippen molar-refractivity contribution < 1.29 is 9.26 Å². The van der Waals surface area contributed by atoms with E-state index in [0.717, 1.165) is 44.5 Å². The maximum Gasteiger partial charge on any atom is 0.246 e. The SMILES string of the molecule is Cl.NC1(c2nc(C3CCOC3)no2)CCCC1. The fourth-order valence-electron chi connectivity index (χ4n) is 2.56. The minimum absolute atomic E-state index is 0. The normalized spacial score (nSPS) is 27.0. The lowest BCUT2D eigenvalue weighted by atomic mass is 9.99. The quantitative estimate of drug-likeness (QED) is 0.875. The van der Waals surface area contributed by atoms with Crippen molar-refractivity contribution in [3.63, 3.8) is 0 Å². The predicted octanol–water partition coefficient (Wildman–Crippen LogP) is 1.72. The number of hydrogen-bond acceptors (Lipinski definition) is 5. The van der Waals surface area contributed by atoms with Crippen LogP contribution in [-0.2, 0) is 10.3 Å². The summed E-state index contributed by atoms with van der Waals surface area (Å²) in [5.74, 6) is 1.68. The van der Waals surface area contributed by atoms with Gasteiger partial charge in [-0.3, -0.25) is 0 Å². The highest BCUT2D eigenvalue weighted by Crippen LogP contribution is 2.36. The first kappa shape index (κ1) is 12.8. The first-order valence-corrected chi connectivity index (χ1v) is 5.99. The Morgan fingerprint density at radius 3 is 2.71 bits per heavy atom. The van der Waals surface area contributed by atoms with E-state index >= 15 is 0 Å². The molecule has 0 spiro atoms. The molecular formula is C11H18ClN3O2. The molecule has 1 aromatic rings. The molecule has 1 unspecified atom stereocenters. The lowest BCUT2D eigenvalue weighted by Gasteiger charge is -2.17. The molecule has 1 aliphatic carbocycles. The molecule has 2 N–H and O–H groups in total. The van der Waals surface area contributed by atoms with E-state index < -0.39 is 0 Å². The van der Waals surface area contributed by atoms with Gasteiger partial charge in [0.25, 0.3) is 0 Å². The molecule has 1 aromatic heterocycles. The second kappa shape index (κ2) is 4.92. The average Bonchev–Trinajstić information content (AvgIpc) is 2.98. The van der Waals surface area contributed by atoms with Crippen molar-refractivity contribution in [1.29, 1.82) is 0 Å². The third-order valence-electron chi connectivity index (χ3n) is 3.66.